The standard InChI is InChI=1S/C20H25ClN6O2/c1-7-26(19(28)29-20(4,5)6)13(3)15-8-14(12(2)9-22-15)16-10-27-18(17(21)25-16)23-11-24-27/h8-11,13H,7H2,1-6H3. The molecule has 154 valence electrons. The van der Waals surface area contributed by atoms with Gasteiger partial charge in [-0.25, -0.2) is 19.3 Å². The number of fused-ring (bicyclic) bond motifs is 1. The maximum Gasteiger partial charge on any atom is 0.410 e. The Labute approximate surface area is 174 Å². The van der Waals surface area contributed by atoms with Crippen LogP contribution < -0.4 is 0 Å². The van der Waals surface area contributed by atoms with Crippen molar-refractivity contribution in [1.82, 2.24) is 29.5 Å². The fourth-order valence-electron chi connectivity index (χ4n) is 3.01. The van der Waals surface area contributed by atoms with Gasteiger partial charge in [0, 0.05) is 18.3 Å². The lowest BCUT2D eigenvalue weighted by atomic mass is 10.0. The van der Waals surface area contributed by atoms with Crippen LogP contribution in [0.15, 0.2) is 24.8 Å². The molecule has 0 aliphatic heterocycles. The molecule has 0 fully saturated rings. The van der Waals surface area contributed by atoms with Crippen molar-refractivity contribution in [3.05, 3.63) is 41.2 Å². The van der Waals surface area contributed by atoms with Crippen molar-refractivity contribution >= 4 is 23.3 Å². The van der Waals surface area contributed by atoms with Crippen LogP contribution in [0.3, 0.4) is 0 Å². The zero-order chi connectivity index (χ0) is 21.3. The molecule has 0 saturated heterocycles. The third-order valence-corrected chi connectivity index (χ3v) is 4.74. The predicted octanol–water partition coefficient (Wildman–Crippen LogP) is 4.47. The number of carbonyl (C=O) groups excluding carboxylic acids is 1. The summed E-state index contributed by atoms with van der Waals surface area (Å²) >= 11 is 6.26. The molecule has 0 radical (unpaired) electrons. The van der Waals surface area contributed by atoms with Gasteiger partial charge >= 0.3 is 6.09 Å². The number of halogens is 1. The second-order valence-electron chi connectivity index (χ2n) is 7.81. The van der Waals surface area contributed by atoms with Crippen molar-refractivity contribution in [2.75, 3.05) is 6.54 Å². The molecular weight excluding hydrogens is 392 g/mol. The molecule has 0 N–H and O–H groups in total. The molecule has 3 aromatic heterocycles. The van der Waals surface area contributed by atoms with Gasteiger partial charge in [-0.2, -0.15) is 5.10 Å². The van der Waals surface area contributed by atoms with Crippen molar-refractivity contribution in [2.24, 2.45) is 0 Å². The first-order valence-corrected chi connectivity index (χ1v) is 9.81. The van der Waals surface area contributed by atoms with Crippen molar-refractivity contribution in [3.8, 4) is 11.3 Å². The van der Waals surface area contributed by atoms with E-state index in [1.807, 2.05) is 47.6 Å². The molecule has 1 unspecified atom stereocenters. The lowest BCUT2D eigenvalue weighted by Gasteiger charge is -2.30. The van der Waals surface area contributed by atoms with Gasteiger partial charge in [0.25, 0.3) is 0 Å². The van der Waals surface area contributed by atoms with Gasteiger partial charge in [-0.1, -0.05) is 11.6 Å². The minimum atomic E-state index is -0.566. The third-order valence-electron chi connectivity index (χ3n) is 4.49. The Hall–Kier alpha value is -2.74. The number of carbonyl (C=O) groups is 1. The summed E-state index contributed by atoms with van der Waals surface area (Å²) in [5.74, 6) is 0. The van der Waals surface area contributed by atoms with Gasteiger partial charge in [-0.3, -0.25) is 4.98 Å². The van der Waals surface area contributed by atoms with Crippen molar-refractivity contribution in [2.45, 2.75) is 53.2 Å². The Kier molecular flexibility index (Phi) is 5.75. The molecule has 3 rings (SSSR count). The summed E-state index contributed by atoms with van der Waals surface area (Å²) in [6.07, 6.45) is 4.60. The number of aryl methyl sites for hydroxylation is 1. The predicted molar refractivity (Wildman–Crippen MR) is 111 cm³/mol. The Bertz CT molecular complexity index is 1040. The van der Waals surface area contributed by atoms with Crippen LogP contribution >= 0.6 is 11.6 Å². The smallest absolute Gasteiger partial charge is 0.410 e. The maximum absolute atomic E-state index is 12.6. The van der Waals surface area contributed by atoms with Crippen molar-refractivity contribution in [1.29, 1.82) is 0 Å². The van der Waals surface area contributed by atoms with Crippen LogP contribution in [0.1, 0.15) is 51.9 Å². The molecular formula is C20H25ClN6O2. The first kappa shape index (κ1) is 21.0. The van der Waals surface area contributed by atoms with Gasteiger partial charge in [0.15, 0.2) is 10.8 Å². The first-order valence-electron chi connectivity index (χ1n) is 9.43. The van der Waals surface area contributed by atoms with Crippen LogP contribution in [-0.2, 0) is 4.74 Å². The van der Waals surface area contributed by atoms with Crippen LogP contribution in [-0.4, -0.2) is 47.7 Å². The first-order chi connectivity index (χ1) is 13.6. The van der Waals surface area contributed by atoms with Gasteiger partial charge < -0.3 is 9.64 Å². The summed E-state index contributed by atoms with van der Waals surface area (Å²) in [6.45, 7) is 11.8. The van der Waals surface area contributed by atoms with Gasteiger partial charge in [0.2, 0.25) is 0 Å². The molecule has 1 atom stereocenters. The molecule has 0 bridgehead atoms. The van der Waals surface area contributed by atoms with Crippen LogP contribution in [0.4, 0.5) is 4.79 Å². The number of nitrogens with zero attached hydrogens (tertiary/aromatic N) is 6. The summed E-state index contributed by atoms with van der Waals surface area (Å²) in [4.78, 5) is 27.4. The van der Waals surface area contributed by atoms with E-state index < -0.39 is 5.60 Å². The summed E-state index contributed by atoms with van der Waals surface area (Å²) < 4.78 is 7.13. The quantitative estimate of drug-likeness (QED) is 0.623. The molecule has 9 heteroatoms. The van der Waals surface area contributed by atoms with E-state index in [1.54, 1.807) is 21.8 Å². The molecule has 0 spiro atoms. The van der Waals surface area contributed by atoms with Crippen LogP contribution in [0.2, 0.25) is 5.15 Å². The topological polar surface area (TPSA) is 85.5 Å². The van der Waals surface area contributed by atoms with Gasteiger partial charge in [-0.05, 0) is 53.2 Å². The summed E-state index contributed by atoms with van der Waals surface area (Å²) in [7, 11) is 0. The van der Waals surface area contributed by atoms with E-state index in [9.17, 15) is 4.79 Å². The number of hydrogen-bond acceptors (Lipinski definition) is 6. The van der Waals surface area contributed by atoms with Gasteiger partial charge in [0.1, 0.15) is 11.9 Å². The summed E-state index contributed by atoms with van der Waals surface area (Å²) in [5, 5.41) is 4.42. The summed E-state index contributed by atoms with van der Waals surface area (Å²) in [6, 6.07) is 1.65. The van der Waals surface area contributed by atoms with Crippen LogP contribution in [0.5, 0.6) is 0 Å². The lowest BCUT2D eigenvalue weighted by molar-refractivity contribution is 0.0182. The number of hydrogen-bond donors (Lipinski definition) is 0. The molecule has 0 saturated carbocycles. The van der Waals surface area contributed by atoms with E-state index in [2.05, 4.69) is 20.1 Å². The number of rotatable bonds is 4. The lowest BCUT2D eigenvalue weighted by Crippen LogP contribution is -2.38. The van der Waals surface area contributed by atoms with E-state index in [0.29, 0.717) is 17.9 Å². The molecule has 3 aromatic rings. The normalized spacial score (nSPS) is 12.8. The zero-order valence-corrected chi connectivity index (χ0v) is 18.2. The monoisotopic (exact) mass is 416 g/mol. The molecule has 0 aliphatic rings. The Morgan fingerprint density at radius 2 is 2.07 bits per heavy atom. The highest BCUT2D eigenvalue weighted by Gasteiger charge is 2.27. The second-order valence-corrected chi connectivity index (χ2v) is 8.17. The highest BCUT2D eigenvalue weighted by Crippen LogP contribution is 2.28. The van der Waals surface area contributed by atoms with E-state index in [0.717, 1.165) is 16.8 Å². The fraction of sp³-hybridized carbons (Fsp3) is 0.450. The van der Waals surface area contributed by atoms with E-state index in [4.69, 9.17) is 16.3 Å². The molecule has 8 nitrogen and oxygen atoms in total. The SMILES string of the molecule is CCN(C(=O)OC(C)(C)C)C(C)c1cc(-c2cn3ncnc3c(Cl)n2)c(C)cn1. The van der Waals surface area contributed by atoms with Crippen molar-refractivity contribution in [3.63, 3.8) is 0 Å². The van der Waals surface area contributed by atoms with Crippen LogP contribution in [0, 0.1) is 6.92 Å². The largest absolute Gasteiger partial charge is 0.444 e. The summed E-state index contributed by atoms with van der Waals surface area (Å²) in [5.41, 5.74) is 3.12. The number of aromatic nitrogens is 5. The molecule has 29 heavy (non-hydrogen) atoms. The minimum absolute atomic E-state index is 0.273. The Balaban J connectivity index is 1.98. The van der Waals surface area contributed by atoms with Crippen molar-refractivity contribution < 1.29 is 9.53 Å². The molecule has 3 heterocycles. The van der Waals surface area contributed by atoms with E-state index in [1.165, 1.54) is 6.33 Å². The van der Waals surface area contributed by atoms with Crippen LogP contribution in [0.25, 0.3) is 16.9 Å². The molecule has 0 aromatic carbocycles. The highest BCUT2D eigenvalue weighted by atomic mass is 35.5. The average molecular weight is 417 g/mol. The van der Waals surface area contributed by atoms with E-state index in [-0.39, 0.29) is 17.3 Å². The minimum Gasteiger partial charge on any atom is -0.444 e. The number of pyridine rings is 1. The Morgan fingerprint density at radius 3 is 2.72 bits per heavy atom. The zero-order valence-electron chi connectivity index (χ0n) is 17.5. The average Bonchev–Trinajstić information content (AvgIpc) is 3.10. The van der Waals surface area contributed by atoms with Gasteiger partial charge in [0.05, 0.1) is 23.6 Å². The van der Waals surface area contributed by atoms with E-state index >= 15 is 0 Å². The maximum atomic E-state index is 12.6. The molecule has 0 aliphatic carbocycles. The Morgan fingerprint density at radius 1 is 1.34 bits per heavy atom. The number of amides is 1. The second kappa shape index (κ2) is 7.94. The molecule has 1 amide bonds. The highest BCUT2D eigenvalue weighted by molar-refractivity contribution is 6.32. The van der Waals surface area contributed by atoms with Gasteiger partial charge in [-0.15, -0.1) is 0 Å². The third kappa shape index (κ3) is 4.48. The number of ether oxygens (including phenoxy) is 1. The fourth-order valence-corrected chi connectivity index (χ4v) is 3.23.